The number of benzene rings is 2. The van der Waals surface area contributed by atoms with E-state index in [1.54, 1.807) is 12.1 Å². The number of carbonyl (C=O) groups excluding carboxylic acids is 1. The standard InChI is InChI=1S/C16H16O2/c1-3-13-5-4-6-15(9-13)18-16-10-14(11-17)8-7-12(16)2/h4-11H,3H2,1-2H3. The molecule has 0 aliphatic heterocycles. The minimum atomic E-state index is 0.627. The molecule has 18 heavy (non-hydrogen) atoms. The highest BCUT2D eigenvalue weighted by Crippen LogP contribution is 2.26. The normalized spacial score (nSPS) is 10.1. The van der Waals surface area contributed by atoms with E-state index in [1.807, 2.05) is 31.2 Å². The fourth-order valence-corrected chi connectivity index (χ4v) is 1.76. The van der Waals surface area contributed by atoms with Crippen molar-refractivity contribution < 1.29 is 9.53 Å². The second kappa shape index (κ2) is 5.50. The number of ether oxygens (including phenoxy) is 1. The molecule has 0 aliphatic rings. The van der Waals surface area contributed by atoms with E-state index in [4.69, 9.17) is 4.74 Å². The number of hydrogen-bond donors (Lipinski definition) is 0. The number of aldehydes is 1. The lowest BCUT2D eigenvalue weighted by molar-refractivity contribution is 0.112. The number of rotatable bonds is 4. The minimum Gasteiger partial charge on any atom is -0.457 e. The molecule has 0 amide bonds. The molecule has 0 bridgehead atoms. The topological polar surface area (TPSA) is 26.3 Å². The van der Waals surface area contributed by atoms with Crippen molar-refractivity contribution in [2.75, 3.05) is 0 Å². The predicted octanol–water partition coefficient (Wildman–Crippen LogP) is 4.16. The average Bonchev–Trinajstić information content (AvgIpc) is 2.41. The zero-order chi connectivity index (χ0) is 13.0. The molecule has 0 N–H and O–H groups in total. The van der Waals surface area contributed by atoms with Crippen molar-refractivity contribution >= 4 is 6.29 Å². The SMILES string of the molecule is CCc1cccc(Oc2cc(C=O)ccc2C)c1. The highest BCUT2D eigenvalue weighted by molar-refractivity contribution is 5.75. The predicted molar refractivity (Wildman–Crippen MR) is 72.5 cm³/mol. The monoisotopic (exact) mass is 240 g/mol. The summed E-state index contributed by atoms with van der Waals surface area (Å²) in [7, 11) is 0. The van der Waals surface area contributed by atoms with Crippen molar-refractivity contribution in [2.45, 2.75) is 20.3 Å². The van der Waals surface area contributed by atoms with Crippen LogP contribution in [0.5, 0.6) is 11.5 Å². The molecule has 0 radical (unpaired) electrons. The van der Waals surface area contributed by atoms with Gasteiger partial charge in [-0.3, -0.25) is 4.79 Å². The number of carbonyl (C=O) groups is 1. The molecule has 2 aromatic carbocycles. The summed E-state index contributed by atoms with van der Waals surface area (Å²) in [6.07, 6.45) is 1.80. The van der Waals surface area contributed by atoms with Crippen LogP contribution >= 0.6 is 0 Å². The van der Waals surface area contributed by atoms with Crippen LogP contribution in [0.25, 0.3) is 0 Å². The van der Waals surface area contributed by atoms with Crippen LogP contribution in [0.4, 0.5) is 0 Å². The molecule has 0 saturated carbocycles. The first-order valence-corrected chi connectivity index (χ1v) is 6.05. The molecule has 0 unspecified atom stereocenters. The van der Waals surface area contributed by atoms with Gasteiger partial charge in [0.25, 0.3) is 0 Å². The Morgan fingerprint density at radius 2 is 2.00 bits per heavy atom. The molecule has 0 atom stereocenters. The molecule has 2 nitrogen and oxygen atoms in total. The van der Waals surface area contributed by atoms with Gasteiger partial charge in [0.15, 0.2) is 0 Å². The van der Waals surface area contributed by atoms with Crippen LogP contribution in [0, 0.1) is 6.92 Å². The van der Waals surface area contributed by atoms with Crippen molar-refractivity contribution in [3.63, 3.8) is 0 Å². The van der Waals surface area contributed by atoms with Crippen LogP contribution in [0.2, 0.25) is 0 Å². The first-order chi connectivity index (χ1) is 8.72. The maximum Gasteiger partial charge on any atom is 0.150 e. The summed E-state index contributed by atoms with van der Waals surface area (Å²) in [5.74, 6) is 1.54. The Bertz CT molecular complexity index is 559. The zero-order valence-electron chi connectivity index (χ0n) is 10.6. The van der Waals surface area contributed by atoms with E-state index in [0.29, 0.717) is 5.56 Å². The molecule has 2 rings (SSSR count). The number of hydrogen-bond acceptors (Lipinski definition) is 2. The van der Waals surface area contributed by atoms with Crippen molar-refractivity contribution in [1.29, 1.82) is 0 Å². The molecule has 0 aliphatic carbocycles. The van der Waals surface area contributed by atoms with E-state index < -0.39 is 0 Å². The summed E-state index contributed by atoms with van der Waals surface area (Å²) < 4.78 is 5.84. The Morgan fingerprint density at radius 3 is 2.72 bits per heavy atom. The van der Waals surface area contributed by atoms with Gasteiger partial charge in [-0.1, -0.05) is 31.2 Å². The van der Waals surface area contributed by atoms with Crippen molar-refractivity contribution in [1.82, 2.24) is 0 Å². The fraction of sp³-hybridized carbons (Fsp3) is 0.188. The van der Waals surface area contributed by atoms with Crippen LogP contribution in [-0.4, -0.2) is 6.29 Å². The fourth-order valence-electron chi connectivity index (χ4n) is 1.76. The van der Waals surface area contributed by atoms with Crippen LogP contribution in [-0.2, 0) is 6.42 Å². The van der Waals surface area contributed by atoms with E-state index in [1.165, 1.54) is 5.56 Å². The maximum absolute atomic E-state index is 10.8. The average molecular weight is 240 g/mol. The molecular formula is C16H16O2. The van der Waals surface area contributed by atoms with Crippen LogP contribution < -0.4 is 4.74 Å². The van der Waals surface area contributed by atoms with Crippen molar-refractivity contribution in [3.05, 3.63) is 59.2 Å². The van der Waals surface area contributed by atoms with E-state index >= 15 is 0 Å². The lowest BCUT2D eigenvalue weighted by Gasteiger charge is -2.10. The first-order valence-electron chi connectivity index (χ1n) is 6.05. The van der Waals surface area contributed by atoms with Crippen molar-refractivity contribution in [2.24, 2.45) is 0 Å². The molecule has 2 heteroatoms. The lowest BCUT2D eigenvalue weighted by atomic mass is 10.1. The zero-order valence-corrected chi connectivity index (χ0v) is 10.6. The minimum absolute atomic E-state index is 0.627. The van der Waals surface area contributed by atoms with E-state index in [-0.39, 0.29) is 0 Å². The maximum atomic E-state index is 10.8. The Labute approximate surface area is 107 Å². The molecular weight excluding hydrogens is 224 g/mol. The Morgan fingerprint density at radius 1 is 1.17 bits per heavy atom. The summed E-state index contributed by atoms with van der Waals surface area (Å²) in [5.41, 5.74) is 2.88. The molecule has 0 fully saturated rings. The van der Waals surface area contributed by atoms with Gasteiger partial charge in [-0.05, 0) is 42.7 Å². The molecule has 0 saturated heterocycles. The Kier molecular flexibility index (Phi) is 3.78. The third-order valence-electron chi connectivity index (χ3n) is 2.88. The van der Waals surface area contributed by atoms with Gasteiger partial charge < -0.3 is 4.74 Å². The smallest absolute Gasteiger partial charge is 0.150 e. The molecule has 2 aromatic rings. The van der Waals surface area contributed by atoms with E-state index in [9.17, 15) is 4.79 Å². The van der Waals surface area contributed by atoms with E-state index in [0.717, 1.165) is 29.8 Å². The van der Waals surface area contributed by atoms with Gasteiger partial charge in [0.05, 0.1) is 0 Å². The largest absolute Gasteiger partial charge is 0.457 e. The second-order valence-electron chi connectivity index (χ2n) is 4.25. The van der Waals surface area contributed by atoms with Crippen LogP contribution in [0.3, 0.4) is 0 Å². The third kappa shape index (κ3) is 2.77. The van der Waals surface area contributed by atoms with Crippen LogP contribution in [0.15, 0.2) is 42.5 Å². The summed E-state index contributed by atoms with van der Waals surface area (Å²) in [4.78, 5) is 10.8. The first kappa shape index (κ1) is 12.4. The Balaban J connectivity index is 2.29. The quantitative estimate of drug-likeness (QED) is 0.750. The van der Waals surface area contributed by atoms with Gasteiger partial charge >= 0.3 is 0 Å². The lowest BCUT2D eigenvalue weighted by Crippen LogP contribution is -1.91. The summed E-state index contributed by atoms with van der Waals surface area (Å²) >= 11 is 0. The van der Waals surface area contributed by atoms with Gasteiger partial charge in [-0.25, -0.2) is 0 Å². The van der Waals surface area contributed by atoms with Gasteiger partial charge in [0, 0.05) is 5.56 Å². The Hall–Kier alpha value is -2.09. The highest BCUT2D eigenvalue weighted by atomic mass is 16.5. The van der Waals surface area contributed by atoms with Crippen LogP contribution in [0.1, 0.15) is 28.4 Å². The van der Waals surface area contributed by atoms with E-state index in [2.05, 4.69) is 13.0 Å². The molecule has 0 heterocycles. The molecule has 92 valence electrons. The molecule has 0 aromatic heterocycles. The highest BCUT2D eigenvalue weighted by Gasteiger charge is 2.03. The second-order valence-corrected chi connectivity index (χ2v) is 4.25. The van der Waals surface area contributed by atoms with Gasteiger partial charge in [0.2, 0.25) is 0 Å². The van der Waals surface area contributed by atoms with Gasteiger partial charge in [-0.2, -0.15) is 0 Å². The van der Waals surface area contributed by atoms with Gasteiger partial charge in [0.1, 0.15) is 17.8 Å². The summed E-state index contributed by atoms with van der Waals surface area (Å²) in [6, 6.07) is 13.4. The summed E-state index contributed by atoms with van der Waals surface area (Å²) in [5, 5.41) is 0. The van der Waals surface area contributed by atoms with Gasteiger partial charge in [-0.15, -0.1) is 0 Å². The number of aryl methyl sites for hydroxylation is 2. The summed E-state index contributed by atoms with van der Waals surface area (Å²) in [6.45, 7) is 4.07. The van der Waals surface area contributed by atoms with Crippen molar-refractivity contribution in [3.8, 4) is 11.5 Å². The molecule has 0 spiro atoms. The third-order valence-corrected chi connectivity index (χ3v) is 2.88.